The third-order valence-electron chi connectivity index (χ3n) is 6.07. The normalized spacial score (nSPS) is 37.7. The highest BCUT2D eigenvalue weighted by atomic mass is 14.6. The van der Waals surface area contributed by atoms with E-state index in [2.05, 4.69) is 52.0 Å². The number of aryl methyl sites for hydroxylation is 2. The van der Waals surface area contributed by atoms with Crippen molar-refractivity contribution in [2.45, 2.75) is 80.1 Å². The molecule has 0 heterocycles. The van der Waals surface area contributed by atoms with Gasteiger partial charge in [0.1, 0.15) is 0 Å². The smallest absolute Gasteiger partial charge is 0.0315 e. The first kappa shape index (κ1) is 17.6. The van der Waals surface area contributed by atoms with Crippen LogP contribution in [0.2, 0.25) is 0 Å². The lowest BCUT2D eigenvalue weighted by atomic mass is 9.45. The maximum absolute atomic E-state index is 2.54. The monoisotopic (exact) mass is 300 g/mol. The van der Waals surface area contributed by atoms with E-state index in [1.54, 1.807) is 32.1 Å². The Balaban J connectivity index is 0.000000155. The molecule has 4 aliphatic carbocycles. The van der Waals surface area contributed by atoms with E-state index in [1.165, 1.54) is 17.5 Å². The zero-order valence-electron chi connectivity index (χ0n) is 15.7. The Morgan fingerprint density at radius 3 is 1.41 bits per heavy atom. The van der Waals surface area contributed by atoms with Crippen LogP contribution in [0.5, 0.6) is 0 Å². The van der Waals surface area contributed by atoms with Gasteiger partial charge in [0.05, 0.1) is 0 Å². The number of hydrogen-bond acceptors (Lipinski definition) is 0. The first-order valence-corrected chi connectivity index (χ1v) is 9.40. The summed E-state index contributed by atoms with van der Waals surface area (Å²) in [4.78, 5) is 0. The largest absolute Gasteiger partial charge is 0.0683 e. The molecule has 1 aromatic rings. The molecule has 0 spiro atoms. The van der Waals surface area contributed by atoms with E-state index in [1.807, 2.05) is 13.8 Å². The second-order valence-electron chi connectivity index (χ2n) is 8.67. The van der Waals surface area contributed by atoms with Crippen LogP contribution >= 0.6 is 0 Å². The molecule has 22 heavy (non-hydrogen) atoms. The summed E-state index contributed by atoms with van der Waals surface area (Å²) in [7, 11) is 0. The highest BCUT2D eigenvalue weighted by Crippen LogP contribution is 2.64. The quantitative estimate of drug-likeness (QED) is 0.486. The lowest BCUT2D eigenvalue weighted by Gasteiger charge is -2.60. The standard InChI is InChI=1S/C12H20.C8H10.C2H6/c1-11-4-9-3-10(5-11)7-12(2,6-9)8-11;1-7-5-3-4-6-8(7)2;1-2/h9-10H,3-8H2,1-2H3;3-6H,1-2H3;1-2H3. The molecular weight excluding hydrogens is 264 g/mol. The minimum absolute atomic E-state index is 0.763. The van der Waals surface area contributed by atoms with Gasteiger partial charge in [-0.1, -0.05) is 52.0 Å². The van der Waals surface area contributed by atoms with E-state index in [4.69, 9.17) is 0 Å². The van der Waals surface area contributed by atoms with Gasteiger partial charge in [0.15, 0.2) is 0 Å². The van der Waals surface area contributed by atoms with Crippen molar-refractivity contribution >= 4 is 0 Å². The van der Waals surface area contributed by atoms with Crippen molar-refractivity contribution in [3.8, 4) is 0 Å². The van der Waals surface area contributed by atoms with Gasteiger partial charge in [-0.05, 0) is 86.2 Å². The van der Waals surface area contributed by atoms with Crippen molar-refractivity contribution in [1.82, 2.24) is 0 Å². The van der Waals surface area contributed by atoms with Crippen molar-refractivity contribution in [3.63, 3.8) is 0 Å². The molecule has 0 unspecified atom stereocenters. The summed E-state index contributed by atoms with van der Waals surface area (Å²) in [5.74, 6) is 2.22. The predicted octanol–water partition coefficient (Wildman–Crippen LogP) is 6.94. The van der Waals surface area contributed by atoms with Gasteiger partial charge in [-0.15, -0.1) is 0 Å². The molecule has 4 fully saturated rings. The van der Waals surface area contributed by atoms with Crippen LogP contribution in [0.1, 0.15) is 77.3 Å². The topological polar surface area (TPSA) is 0 Å². The van der Waals surface area contributed by atoms with Gasteiger partial charge < -0.3 is 0 Å². The zero-order chi connectivity index (χ0) is 16.4. The first-order chi connectivity index (χ1) is 10.4. The molecule has 5 rings (SSSR count). The summed E-state index contributed by atoms with van der Waals surface area (Å²) in [5, 5.41) is 0. The Labute approximate surface area is 138 Å². The minimum Gasteiger partial charge on any atom is -0.0683 e. The average Bonchev–Trinajstić information content (AvgIpc) is 2.41. The second kappa shape index (κ2) is 6.77. The summed E-state index contributed by atoms with van der Waals surface area (Å²) in [6, 6.07) is 8.36. The summed E-state index contributed by atoms with van der Waals surface area (Å²) >= 11 is 0. The third-order valence-corrected chi connectivity index (χ3v) is 6.07. The van der Waals surface area contributed by atoms with Gasteiger partial charge in [-0.2, -0.15) is 0 Å². The molecule has 0 amide bonds. The van der Waals surface area contributed by atoms with Crippen LogP contribution in [0.15, 0.2) is 24.3 Å². The fraction of sp³-hybridized carbons (Fsp3) is 0.727. The minimum atomic E-state index is 0.763. The molecule has 4 saturated carbocycles. The molecular formula is C22H36. The van der Waals surface area contributed by atoms with E-state index in [0.29, 0.717) is 0 Å². The summed E-state index contributed by atoms with van der Waals surface area (Å²) < 4.78 is 0. The maximum Gasteiger partial charge on any atom is -0.0315 e. The lowest BCUT2D eigenvalue weighted by molar-refractivity contribution is -0.0920. The molecule has 0 aliphatic heterocycles. The van der Waals surface area contributed by atoms with Gasteiger partial charge >= 0.3 is 0 Å². The van der Waals surface area contributed by atoms with Gasteiger partial charge in [0.2, 0.25) is 0 Å². The molecule has 0 nitrogen and oxygen atoms in total. The van der Waals surface area contributed by atoms with E-state index in [-0.39, 0.29) is 0 Å². The molecule has 0 radical (unpaired) electrons. The Bertz CT molecular complexity index is 430. The van der Waals surface area contributed by atoms with Crippen LogP contribution in [-0.4, -0.2) is 0 Å². The van der Waals surface area contributed by atoms with Crippen LogP contribution in [0, 0.1) is 36.5 Å². The molecule has 4 bridgehead atoms. The maximum atomic E-state index is 2.54. The zero-order valence-corrected chi connectivity index (χ0v) is 15.7. The van der Waals surface area contributed by atoms with Crippen LogP contribution in [0.3, 0.4) is 0 Å². The Hall–Kier alpha value is -0.780. The molecule has 124 valence electrons. The van der Waals surface area contributed by atoms with Gasteiger partial charge in [0.25, 0.3) is 0 Å². The molecule has 1 aromatic carbocycles. The molecule has 4 aliphatic rings. The number of benzene rings is 1. The Kier molecular flexibility index (Phi) is 5.41. The van der Waals surface area contributed by atoms with E-state index < -0.39 is 0 Å². The SMILES string of the molecule is CC.CC12CC3CC(C1)CC(C)(C3)C2.Cc1ccccc1C. The van der Waals surface area contributed by atoms with E-state index in [0.717, 1.165) is 22.7 Å². The van der Waals surface area contributed by atoms with Crippen LogP contribution in [-0.2, 0) is 0 Å². The Morgan fingerprint density at radius 1 is 0.773 bits per heavy atom. The second-order valence-corrected chi connectivity index (χ2v) is 8.67. The van der Waals surface area contributed by atoms with Crippen molar-refractivity contribution in [2.75, 3.05) is 0 Å². The molecule has 0 saturated heterocycles. The number of rotatable bonds is 0. The first-order valence-electron chi connectivity index (χ1n) is 9.40. The average molecular weight is 301 g/mol. The van der Waals surface area contributed by atoms with Gasteiger partial charge in [-0.25, -0.2) is 0 Å². The lowest BCUT2D eigenvalue weighted by Crippen LogP contribution is -2.49. The fourth-order valence-electron chi connectivity index (χ4n) is 5.89. The van der Waals surface area contributed by atoms with Crippen molar-refractivity contribution < 1.29 is 0 Å². The number of hydrogen-bond donors (Lipinski definition) is 0. The molecule has 0 aromatic heterocycles. The molecule has 0 atom stereocenters. The predicted molar refractivity (Wildman–Crippen MR) is 98.2 cm³/mol. The van der Waals surface area contributed by atoms with Crippen molar-refractivity contribution in [1.29, 1.82) is 0 Å². The summed E-state index contributed by atoms with van der Waals surface area (Å²) in [5.41, 5.74) is 4.26. The van der Waals surface area contributed by atoms with Crippen molar-refractivity contribution in [2.24, 2.45) is 22.7 Å². The highest BCUT2D eigenvalue weighted by Gasteiger charge is 2.53. The molecule has 0 heteroatoms. The van der Waals surface area contributed by atoms with Gasteiger partial charge in [0, 0.05) is 0 Å². The van der Waals surface area contributed by atoms with Crippen LogP contribution in [0.4, 0.5) is 0 Å². The molecule has 0 N–H and O–H groups in total. The summed E-state index contributed by atoms with van der Waals surface area (Å²) in [6.07, 6.45) is 9.33. The highest BCUT2D eigenvalue weighted by molar-refractivity contribution is 5.23. The van der Waals surface area contributed by atoms with E-state index >= 15 is 0 Å². The van der Waals surface area contributed by atoms with Crippen molar-refractivity contribution in [3.05, 3.63) is 35.4 Å². The fourth-order valence-corrected chi connectivity index (χ4v) is 5.89. The van der Waals surface area contributed by atoms with Crippen LogP contribution < -0.4 is 0 Å². The summed E-state index contributed by atoms with van der Waals surface area (Å²) in [6.45, 7) is 13.3. The third kappa shape index (κ3) is 3.94. The van der Waals surface area contributed by atoms with Crippen LogP contribution in [0.25, 0.3) is 0 Å². The van der Waals surface area contributed by atoms with Gasteiger partial charge in [-0.3, -0.25) is 0 Å². The van der Waals surface area contributed by atoms with E-state index in [9.17, 15) is 0 Å². The Morgan fingerprint density at radius 2 is 1.14 bits per heavy atom.